The summed E-state index contributed by atoms with van der Waals surface area (Å²) < 4.78 is 0. The highest BCUT2D eigenvalue weighted by Gasteiger charge is 2.08. The molecule has 0 spiro atoms. The molecule has 0 radical (unpaired) electrons. The third-order valence-electron chi connectivity index (χ3n) is 2.34. The predicted molar refractivity (Wildman–Crippen MR) is 61.6 cm³/mol. The SMILES string of the molecule is Nc1cc(CC(O)c2cccnc2)ccn1. The summed E-state index contributed by atoms with van der Waals surface area (Å²) in [4.78, 5) is 7.87. The van der Waals surface area contributed by atoms with Crippen LogP contribution in [0.15, 0.2) is 42.9 Å². The Balaban J connectivity index is 2.11. The van der Waals surface area contributed by atoms with Crippen LogP contribution < -0.4 is 5.73 Å². The first-order chi connectivity index (χ1) is 7.75. The van der Waals surface area contributed by atoms with Gasteiger partial charge in [0, 0.05) is 25.0 Å². The molecular weight excluding hydrogens is 202 g/mol. The monoisotopic (exact) mass is 215 g/mol. The van der Waals surface area contributed by atoms with Gasteiger partial charge in [-0.15, -0.1) is 0 Å². The zero-order valence-electron chi connectivity index (χ0n) is 8.74. The first-order valence-corrected chi connectivity index (χ1v) is 5.04. The van der Waals surface area contributed by atoms with Crippen molar-refractivity contribution in [1.82, 2.24) is 9.97 Å². The van der Waals surface area contributed by atoms with Crippen molar-refractivity contribution in [1.29, 1.82) is 0 Å². The van der Waals surface area contributed by atoms with E-state index < -0.39 is 6.10 Å². The van der Waals surface area contributed by atoms with Crippen LogP contribution in [-0.4, -0.2) is 15.1 Å². The Morgan fingerprint density at radius 2 is 2.19 bits per heavy atom. The summed E-state index contributed by atoms with van der Waals surface area (Å²) in [7, 11) is 0. The molecule has 2 aromatic rings. The van der Waals surface area contributed by atoms with E-state index in [1.807, 2.05) is 12.1 Å². The highest BCUT2D eigenvalue weighted by molar-refractivity contribution is 5.32. The summed E-state index contributed by atoms with van der Waals surface area (Å²) in [5.74, 6) is 0.468. The van der Waals surface area contributed by atoms with Crippen LogP contribution >= 0.6 is 0 Å². The number of nitrogens with two attached hydrogens (primary N) is 1. The lowest BCUT2D eigenvalue weighted by Gasteiger charge is -2.10. The van der Waals surface area contributed by atoms with E-state index in [1.54, 1.807) is 30.7 Å². The van der Waals surface area contributed by atoms with Gasteiger partial charge in [0.05, 0.1) is 6.10 Å². The molecule has 0 aliphatic carbocycles. The van der Waals surface area contributed by atoms with Gasteiger partial charge in [-0.2, -0.15) is 0 Å². The van der Waals surface area contributed by atoms with E-state index in [1.165, 1.54) is 0 Å². The Bertz CT molecular complexity index is 459. The zero-order chi connectivity index (χ0) is 11.4. The molecule has 0 aliphatic rings. The van der Waals surface area contributed by atoms with Crippen LogP contribution in [0, 0.1) is 0 Å². The third-order valence-corrected chi connectivity index (χ3v) is 2.34. The van der Waals surface area contributed by atoms with Crippen LogP contribution in [0.2, 0.25) is 0 Å². The van der Waals surface area contributed by atoms with Gasteiger partial charge in [-0.05, 0) is 29.3 Å². The van der Waals surface area contributed by atoms with E-state index in [-0.39, 0.29) is 0 Å². The molecule has 0 saturated heterocycles. The standard InChI is InChI=1S/C12H13N3O/c13-12-7-9(3-5-15-12)6-11(16)10-2-1-4-14-8-10/h1-5,7-8,11,16H,6H2,(H2,13,15). The number of anilines is 1. The zero-order valence-corrected chi connectivity index (χ0v) is 8.74. The molecule has 0 amide bonds. The van der Waals surface area contributed by atoms with Crippen molar-refractivity contribution in [2.45, 2.75) is 12.5 Å². The van der Waals surface area contributed by atoms with Crippen LogP contribution in [-0.2, 0) is 6.42 Å². The van der Waals surface area contributed by atoms with Crippen molar-refractivity contribution in [3.05, 3.63) is 54.0 Å². The van der Waals surface area contributed by atoms with Gasteiger partial charge in [0.15, 0.2) is 0 Å². The number of nitrogens with zero attached hydrogens (tertiary/aromatic N) is 2. The van der Waals surface area contributed by atoms with Crippen molar-refractivity contribution in [2.24, 2.45) is 0 Å². The largest absolute Gasteiger partial charge is 0.388 e. The summed E-state index contributed by atoms with van der Waals surface area (Å²) in [6, 6.07) is 7.26. The summed E-state index contributed by atoms with van der Waals surface area (Å²) in [6.45, 7) is 0. The minimum absolute atomic E-state index is 0.468. The van der Waals surface area contributed by atoms with Gasteiger partial charge in [0.25, 0.3) is 0 Å². The molecule has 1 unspecified atom stereocenters. The molecule has 2 aromatic heterocycles. The van der Waals surface area contributed by atoms with Crippen molar-refractivity contribution in [2.75, 3.05) is 5.73 Å². The van der Waals surface area contributed by atoms with Gasteiger partial charge < -0.3 is 10.8 Å². The minimum atomic E-state index is -0.560. The van der Waals surface area contributed by atoms with Crippen LogP contribution in [0.1, 0.15) is 17.2 Å². The molecule has 4 nitrogen and oxygen atoms in total. The van der Waals surface area contributed by atoms with E-state index in [9.17, 15) is 5.11 Å². The molecule has 16 heavy (non-hydrogen) atoms. The van der Waals surface area contributed by atoms with E-state index >= 15 is 0 Å². The Morgan fingerprint density at radius 1 is 1.31 bits per heavy atom. The maximum absolute atomic E-state index is 9.96. The normalized spacial score (nSPS) is 12.3. The Morgan fingerprint density at radius 3 is 2.88 bits per heavy atom. The third kappa shape index (κ3) is 2.55. The van der Waals surface area contributed by atoms with E-state index in [4.69, 9.17) is 5.73 Å². The van der Waals surface area contributed by atoms with Crippen molar-refractivity contribution in [3.63, 3.8) is 0 Å². The molecule has 0 saturated carbocycles. The lowest BCUT2D eigenvalue weighted by molar-refractivity contribution is 0.178. The summed E-state index contributed by atoms with van der Waals surface area (Å²) in [6.07, 6.45) is 4.94. The second-order valence-electron chi connectivity index (χ2n) is 3.60. The fourth-order valence-corrected chi connectivity index (χ4v) is 1.54. The highest BCUT2D eigenvalue weighted by Crippen LogP contribution is 2.17. The average molecular weight is 215 g/mol. The molecule has 0 aromatic carbocycles. The second kappa shape index (κ2) is 4.72. The number of aliphatic hydroxyl groups is 1. The quantitative estimate of drug-likeness (QED) is 0.810. The Hall–Kier alpha value is -1.94. The van der Waals surface area contributed by atoms with Crippen LogP contribution in [0.3, 0.4) is 0 Å². The maximum Gasteiger partial charge on any atom is 0.123 e. The number of hydrogen-bond acceptors (Lipinski definition) is 4. The number of hydrogen-bond donors (Lipinski definition) is 2. The number of aliphatic hydroxyl groups excluding tert-OH is 1. The lowest BCUT2D eigenvalue weighted by atomic mass is 10.0. The Kier molecular flexibility index (Phi) is 3.12. The predicted octanol–water partition coefficient (Wildman–Crippen LogP) is 1.33. The summed E-state index contributed by atoms with van der Waals surface area (Å²) >= 11 is 0. The van der Waals surface area contributed by atoms with Gasteiger partial charge in [0.2, 0.25) is 0 Å². The maximum atomic E-state index is 9.96. The van der Waals surface area contributed by atoms with E-state index in [2.05, 4.69) is 9.97 Å². The van der Waals surface area contributed by atoms with Gasteiger partial charge in [-0.25, -0.2) is 4.98 Å². The number of pyridine rings is 2. The molecule has 3 N–H and O–H groups in total. The molecule has 82 valence electrons. The highest BCUT2D eigenvalue weighted by atomic mass is 16.3. The molecule has 0 fully saturated rings. The summed E-state index contributed by atoms with van der Waals surface area (Å²) in [5, 5.41) is 9.96. The van der Waals surface area contributed by atoms with Gasteiger partial charge in [-0.1, -0.05) is 6.07 Å². The first-order valence-electron chi connectivity index (χ1n) is 5.04. The number of rotatable bonds is 3. The molecule has 2 rings (SSSR count). The summed E-state index contributed by atoms with van der Waals surface area (Å²) in [5.41, 5.74) is 7.33. The van der Waals surface area contributed by atoms with Crippen LogP contribution in [0.25, 0.3) is 0 Å². The average Bonchev–Trinajstić information content (AvgIpc) is 2.30. The van der Waals surface area contributed by atoms with Crippen molar-refractivity contribution >= 4 is 5.82 Å². The fourth-order valence-electron chi connectivity index (χ4n) is 1.54. The van der Waals surface area contributed by atoms with Gasteiger partial charge in [0.1, 0.15) is 5.82 Å². The second-order valence-corrected chi connectivity index (χ2v) is 3.60. The first kappa shape index (κ1) is 10.6. The number of nitrogen functional groups attached to an aromatic ring is 1. The van der Waals surface area contributed by atoms with Gasteiger partial charge in [-0.3, -0.25) is 4.98 Å². The van der Waals surface area contributed by atoms with Gasteiger partial charge >= 0.3 is 0 Å². The molecule has 1 atom stereocenters. The molecule has 2 heterocycles. The van der Waals surface area contributed by atoms with Crippen LogP contribution in [0.5, 0.6) is 0 Å². The van der Waals surface area contributed by atoms with Crippen LogP contribution in [0.4, 0.5) is 5.82 Å². The molecule has 0 bridgehead atoms. The molecular formula is C12H13N3O. The molecule has 0 aliphatic heterocycles. The van der Waals surface area contributed by atoms with E-state index in [0.29, 0.717) is 12.2 Å². The topological polar surface area (TPSA) is 72.0 Å². The fraction of sp³-hybridized carbons (Fsp3) is 0.167. The van der Waals surface area contributed by atoms with E-state index in [0.717, 1.165) is 11.1 Å². The van der Waals surface area contributed by atoms with Crippen molar-refractivity contribution in [3.8, 4) is 0 Å². The smallest absolute Gasteiger partial charge is 0.123 e. The van der Waals surface area contributed by atoms with Crippen molar-refractivity contribution < 1.29 is 5.11 Å². The molecule has 4 heteroatoms. The number of aromatic nitrogens is 2. The lowest BCUT2D eigenvalue weighted by Crippen LogP contribution is -2.03. The minimum Gasteiger partial charge on any atom is -0.388 e. The Labute approximate surface area is 93.8 Å².